The molecule has 0 unspecified atom stereocenters. The summed E-state index contributed by atoms with van der Waals surface area (Å²) in [6.45, 7) is 0. The van der Waals surface area contributed by atoms with Gasteiger partial charge in [-0.3, -0.25) is 4.79 Å². The quantitative estimate of drug-likeness (QED) is 0.278. The molecule has 3 aromatic heterocycles. The first kappa shape index (κ1) is 23.2. The lowest BCUT2D eigenvalue weighted by atomic mass is 10.1. The van der Waals surface area contributed by atoms with E-state index in [9.17, 15) is 23.1 Å². The van der Waals surface area contributed by atoms with Crippen molar-refractivity contribution in [2.45, 2.75) is 4.90 Å². The molecule has 0 saturated carbocycles. The standard InChI is InChI=1S/C26H18N6O5S/c27-24-18(14-28-31(24)16-10-11-19-20(13-16)30-25(29-19)26(34)35)23(33)22-12-15-6-4-5-9-21(15)32(22)38(36,37)17-7-2-1-3-8-17/h1-14H,27H2,(H,29,30)(H,34,35). The van der Waals surface area contributed by atoms with E-state index in [1.54, 1.807) is 60.7 Å². The highest BCUT2D eigenvalue weighted by molar-refractivity contribution is 7.90. The van der Waals surface area contributed by atoms with E-state index in [1.165, 1.54) is 29.1 Å². The van der Waals surface area contributed by atoms with E-state index < -0.39 is 21.8 Å². The van der Waals surface area contributed by atoms with Crippen LogP contribution in [0.15, 0.2) is 90.0 Å². The van der Waals surface area contributed by atoms with E-state index in [0.717, 1.165) is 3.97 Å². The van der Waals surface area contributed by atoms with Crippen LogP contribution in [0, 0.1) is 0 Å². The van der Waals surface area contributed by atoms with Crippen LogP contribution in [0.3, 0.4) is 0 Å². The van der Waals surface area contributed by atoms with E-state index in [2.05, 4.69) is 15.1 Å². The van der Waals surface area contributed by atoms with Gasteiger partial charge in [0.25, 0.3) is 10.0 Å². The summed E-state index contributed by atoms with van der Waals surface area (Å²) in [7, 11) is -4.13. The van der Waals surface area contributed by atoms with Crippen molar-refractivity contribution in [2.75, 3.05) is 5.73 Å². The molecule has 0 saturated heterocycles. The van der Waals surface area contributed by atoms with Crippen LogP contribution in [0.1, 0.15) is 26.7 Å². The van der Waals surface area contributed by atoms with Crippen molar-refractivity contribution in [1.29, 1.82) is 0 Å². The van der Waals surface area contributed by atoms with Crippen LogP contribution in [0.5, 0.6) is 0 Å². The summed E-state index contributed by atoms with van der Waals surface area (Å²) in [6, 6.07) is 21.0. The van der Waals surface area contributed by atoms with Gasteiger partial charge in [-0.15, -0.1) is 0 Å². The van der Waals surface area contributed by atoms with Crippen molar-refractivity contribution in [3.8, 4) is 5.69 Å². The van der Waals surface area contributed by atoms with Gasteiger partial charge in [-0.25, -0.2) is 26.9 Å². The van der Waals surface area contributed by atoms with E-state index in [0.29, 0.717) is 27.6 Å². The number of carboxylic acids is 1. The molecule has 3 heterocycles. The van der Waals surface area contributed by atoms with Gasteiger partial charge in [0.05, 0.1) is 38.9 Å². The zero-order chi connectivity index (χ0) is 26.6. The van der Waals surface area contributed by atoms with Crippen LogP contribution in [0.25, 0.3) is 27.6 Å². The number of fused-ring (bicyclic) bond motifs is 2. The molecule has 6 aromatic rings. The Morgan fingerprint density at radius 2 is 1.68 bits per heavy atom. The molecule has 0 radical (unpaired) electrons. The molecule has 4 N–H and O–H groups in total. The van der Waals surface area contributed by atoms with Crippen molar-refractivity contribution < 1.29 is 23.1 Å². The molecule has 0 bridgehead atoms. The normalized spacial score (nSPS) is 11.8. The Morgan fingerprint density at radius 3 is 2.45 bits per heavy atom. The Hall–Kier alpha value is -5.23. The first-order chi connectivity index (χ1) is 18.3. The zero-order valence-electron chi connectivity index (χ0n) is 19.4. The van der Waals surface area contributed by atoms with Crippen LogP contribution >= 0.6 is 0 Å². The molecular formula is C26H18N6O5S. The summed E-state index contributed by atoms with van der Waals surface area (Å²) in [5.74, 6) is -2.06. The monoisotopic (exact) mass is 526 g/mol. The lowest BCUT2D eigenvalue weighted by Gasteiger charge is -2.11. The molecule has 0 atom stereocenters. The van der Waals surface area contributed by atoms with Crippen molar-refractivity contribution in [3.63, 3.8) is 0 Å². The summed E-state index contributed by atoms with van der Waals surface area (Å²) < 4.78 is 29.7. The summed E-state index contributed by atoms with van der Waals surface area (Å²) >= 11 is 0. The number of ketones is 1. The molecule has 0 aliphatic carbocycles. The predicted molar refractivity (Wildman–Crippen MR) is 139 cm³/mol. The van der Waals surface area contributed by atoms with Crippen LogP contribution < -0.4 is 5.73 Å². The zero-order valence-corrected chi connectivity index (χ0v) is 20.3. The van der Waals surface area contributed by atoms with Gasteiger partial charge in [-0.2, -0.15) is 5.10 Å². The van der Waals surface area contributed by atoms with E-state index in [1.807, 2.05) is 0 Å². The third-order valence-corrected chi connectivity index (χ3v) is 7.89. The number of H-pyrrole nitrogens is 1. The number of nitrogens with zero attached hydrogens (tertiary/aromatic N) is 4. The third kappa shape index (κ3) is 3.54. The topological polar surface area (TPSA) is 166 Å². The number of nitrogens with two attached hydrogens (primary N) is 1. The maximum absolute atomic E-state index is 13.8. The molecule has 188 valence electrons. The fourth-order valence-electron chi connectivity index (χ4n) is 4.35. The van der Waals surface area contributed by atoms with Gasteiger partial charge in [0.15, 0.2) is 0 Å². The molecule has 6 rings (SSSR count). The average Bonchev–Trinajstić information content (AvgIpc) is 3.63. The molecule has 0 aliphatic rings. The third-order valence-electron chi connectivity index (χ3n) is 6.15. The summed E-state index contributed by atoms with van der Waals surface area (Å²) in [5.41, 5.74) is 7.92. The first-order valence-electron chi connectivity index (χ1n) is 11.3. The fourth-order valence-corrected chi connectivity index (χ4v) is 5.88. The minimum Gasteiger partial charge on any atom is -0.475 e. The number of hydrogen-bond acceptors (Lipinski definition) is 7. The van der Waals surface area contributed by atoms with Gasteiger partial charge in [-0.05, 0) is 42.5 Å². The van der Waals surface area contributed by atoms with Crippen LogP contribution in [0.2, 0.25) is 0 Å². The molecule has 0 spiro atoms. The predicted octanol–water partition coefficient (Wildman–Crippen LogP) is 3.45. The number of carbonyl (C=O) groups excluding carboxylic acids is 1. The summed E-state index contributed by atoms with van der Waals surface area (Å²) in [4.78, 5) is 31.8. The Bertz CT molecular complexity index is 2000. The largest absolute Gasteiger partial charge is 0.475 e. The van der Waals surface area contributed by atoms with Gasteiger partial charge in [0, 0.05) is 5.39 Å². The van der Waals surface area contributed by atoms with Crippen LogP contribution in [0.4, 0.5) is 5.82 Å². The minimum absolute atomic E-state index is 0.00525. The fraction of sp³-hybridized carbons (Fsp3) is 0. The number of nitrogens with one attached hydrogen (secondary N) is 1. The second-order valence-electron chi connectivity index (χ2n) is 8.45. The highest BCUT2D eigenvalue weighted by Crippen LogP contribution is 2.29. The Morgan fingerprint density at radius 1 is 0.947 bits per heavy atom. The number of rotatable bonds is 6. The first-order valence-corrected chi connectivity index (χ1v) is 12.7. The molecule has 12 heteroatoms. The SMILES string of the molecule is Nc1c(C(=O)c2cc3ccccc3n2S(=O)(=O)c2ccccc2)cnn1-c1ccc2[nH]c(C(=O)O)nc2c1. The van der Waals surface area contributed by atoms with Gasteiger partial charge in [0.2, 0.25) is 11.6 Å². The summed E-state index contributed by atoms with van der Waals surface area (Å²) in [6.07, 6.45) is 1.27. The van der Waals surface area contributed by atoms with Gasteiger partial charge >= 0.3 is 5.97 Å². The molecule has 0 aliphatic heterocycles. The lowest BCUT2D eigenvalue weighted by Crippen LogP contribution is -2.19. The number of imidazole rings is 1. The number of benzene rings is 3. The van der Waals surface area contributed by atoms with Crippen LogP contribution in [-0.2, 0) is 10.0 Å². The molecule has 0 fully saturated rings. The molecular weight excluding hydrogens is 508 g/mol. The average molecular weight is 527 g/mol. The molecule has 0 amide bonds. The highest BCUT2D eigenvalue weighted by atomic mass is 32.2. The lowest BCUT2D eigenvalue weighted by molar-refractivity contribution is 0.0685. The highest BCUT2D eigenvalue weighted by Gasteiger charge is 2.29. The van der Waals surface area contributed by atoms with Gasteiger partial charge < -0.3 is 15.8 Å². The molecule has 3 aromatic carbocycles. The number of hydrogen-bond donors (Lipinski definition) is 3. The number of aromatic amines is 1. The van der Waals surface area contributed by atoms with Crippen molar-refractivity contribution in [2.24, 2.45) is 0 Å². The second kappa shape index (κ2) is 8.42. The maximum atomic E-state index is 13.8. The second-order valence-corrected chi connectivity index (χ2v) is 10.2. The molecule has 11 nitrogen and oxygen atoms in total. The summed E-state index contributed by atoms with van der Waals surface area (Å²) in [5, 5.41) is 14.0. The van der Waals surface area contributed by atoms with E-state index in [4.69, 9.17) is 5.73 Å². The Balaban J connectivity index is 1.47. The van der Waals surface area contributed by atoms with Crippen molar-refractivity contribution in [1.82, 2.24) is 23.7 Å². The number of anilines is 1. The van der Waals surface area contributed by atoms with E-state index >= 15 is 0 Å². The van der Waals surface area contributed by atoms with Crippen molar-refractivity contribution >= 4 is 49.5 Å². The number of aromatic carboxylic acids is 1. The number of carbonyl (C=O) groups is 2. The van der Waals surface area contributed by atoms with Crippen LogP contribution in [-0.4, -0.2) is 49.0 Å². The number of nitrogen functional groups attached to an aromatic ring is 1. The number of para-hydroxylation sites is 1. The van der Waals surface area contributed by atoms with Crippen molar-refractivity contribution in [3.05, 3.63) is 102 Å². The van der Waals surface area contributed by atoms with Gasteiger partial charge in [0.1, 0.15) is 11.5 Å². The Labute approximate surface area is 214 Å². The Kier molecular flexibility index (Phi) is 5.14. The smallest absolute Gasteiger partial charge is 0.371 e. The molecule has 38 heavy (non-hydrogen) atoms. The number of carboxylic acid groups (broad SMARTS) is 1. The maximum Gasteiger partial charge on any atom is 0.371 e. The minimum atomic E-state index is -4.13. The van der Waals surface area contributed by atoms with Gasteiger partial charge in [-0.1, -0.05) is 36.4 Å². The number of aromatic nitrogens is 5. The van der Waals surface area contributed by atoms with E-state index in [-0.39, 0.29) is 27.8 Å².